The Hall–Kier alpha value is -1.22. The molecule has 1 aromatic carbocycles. The lowest BCUT2D eigenvalue weighted by Gasteiger charge is -2.33. The molecule has 3 nitrogen and oxygen atoms in total. The lowest BCUT2D eigenvalue weighted by Crippen LogP contribution is -2.42. The SMILES string of the molecule is CC1CCC(NC(=O)c2ccc(N)c(Cl)c2)C(C)C1. The van der Waals surface area contributed by atoms with E-state index < -0.39 is 0 Å². The maximum atomic E-state index is 12.2. The van der Waals surface area contributed by atoms with Crippen molar-refractivity contribution in [3.8, 4) is 0 Å². The molecule has 0 aromatic heterocycles. The van der Waals surface area contributed by atoms with Crippen molar-refractivity contribution in [3.05, 3.63) is 28.8 Å². The van der Waals surface area contributed by atoms with Crippen LogP contribution in [0.2, 0.25) is 5.02 Å². The highest BCUT2D eigenvalue weighted by atomic mass is 35.5. The second-order valence-corrected chi connectivity index (χ2v) is 6.12. The largest absolute Gasteiger partial charge is 0.398 e. The van der Waals surface area contributed by atoms with Crippen LogP contribution in [0.15, 0.2) is 18.2 Å². The number of benzene rings is 1. The Kier molecular flexibility index (Phi) is 4.35. The van der Waals surface area contributed by atoms with Gasteiger partial charge in [-0.15, -0.1) is 0 Å². The second kappa shape index (κ2) is 5.83. The summed E-state index contributed by atoms with van der Waals surface area (Å²) in [6, 6.07) is 5.28. The molecule has 1 saturated carbocycles. The first-order chi connectivity index (χ1) is 8.97. The molecule has 1 amide bonds. The molecular weight excluding hydrogens is 260 g/mol. The number of hydrogen-bond acceptors (Lipinski definition) is 2. The van der Waals surface area contributed by atoms with Crippen molar-refractivity contribution in [2.24, 2.45) is 11.8 Å². The normalized spacial score (nSPS) is 27.0. The van der Waals surface area contributed by atoms with Crippen LogP contribution in [-0.2, 0) is 0 Å². The van der Waals surface area contributed by atoms with Gasteiger partial charge >= 0.3 is 0 Å². The smallest absolute Gasteiger partial charge is 0.251 e. The van der Waals surface area contributed by atoms with E-state index in [2.05, 4.69) is 19.2 Å². The summed E-state index contributed by atoms with van der Waals surface area (Å²) >= 11 is 5.94. The molecule has 4 heteroatoms. The highest BCUT2D eigenvalue weighted by Gasteiger charge is 2.26. The van der Waals surface area contributed by atoms with Gasteiger partial charge in [0.15, 0.2) is 0 Å². The molecule has 1 fully saturated rings. The van der Waals surface area contributed by atoms with E-state index in [4.69, 9.17) is 17.3 Å². The molecule has 3 N–H and O–H groups in total. The average Bonchev–Trinajstić information content (AvgIpc) is 2.36. The number of carbonyl (C=O) groups is 1. The topological polar surface area (TPSA) is 55.1 Å². The highest BCUT2D eigenvalue weighted by Crippen LogP contribution is 2.29. The Bertz CT molecular complexity index is 475. The van der Waals surface area contributed by atoms with Crippen molar-refractivity contribution in [2.75, 3.05) is 5.73 Å². The monoisotopic (exact) mass is 280 g/mol. The first-order valence-electron chi connectivity index (χ1n) is 6.83. The molecule has 0 bridgehead atoms. The van der Waals surface area contributed by atoms with Crippen molar-refractivity contribution >= 4 is 23.2 Å². The van der Waals surface area contributed by atoms with E-state index in [1.807, 2.05) is 0 Å². The number of anilines is 1. The molecule has 1 aliphatic carbocycles. The van der Waals surface area contributed by atoms with Crippen molar-refractivity contribution < 1.29 is 4.79 Å². The average molecular weight is 281 g/mol. The van der Waals surface area contributed by atoms with E-state index in [1.165, 1.54) is 12.8 Å². The Morgan fingerprint density at radius 3 is 2.74 bits per heavy atom. The van der Waals surface area contributed by atoms with Gasteiger partial charge in [-0.05, 0) is 49.3 Å². The van der Waals surface area contributed by atoms with Gasteiger partial charge in [-0.25, -0.2) is 0 Å². The quantitative estimate of drug-likeness (QED) is 0.815. The molecule has 1 aromatic rings. The number of hydrogen-bond donors (Lipinski definition) is 2. The molecule has 3 atom stereocenters. The molecule has 3 unspecified atom stereocenters. The minimum Gasteiger partial charge on any atom is -0.398 e. The van der Waals surface area contributed by atoms with Gasteiger partial charge in [0.1, 0.15) is 0 Å². The first kappa shape index (κ1) is 14.2. The van der Waals surface area contributed by atoms with Crippen LogP contribution in [0.3, 0.4) is 0 Å². The van der Waals surface area contributed by atoms with E-state index >= 15 is 0 Å². The Balaban J connectivity index is 2.02. The van der Waals surface area contributed by atoms with E-state index in [0.29, 0.717) is 22.2 Å². The summed E-state index contributed by atoms with van der Waals surface area (Å²) in [5, 5.41) is 3.54. The van der Waals surface area contributed by atoms with Gasteiger partial charge in [-0.2, -0.15) is 0 Å². The molecule has 0 heterocycles. The van der Waals surface area contributed by atoms with Crippen LogP contribution >= 0.6 is 11.6 Å². The van der Waals surface area contributed by atoms with Crippen molar-refractivity contribution in [1.82, 2.24) is 5.32 Å². The number of nitrogens with two attached hydrogens (primary N) is 1. The highest BCUT2D eigenvalue weighted by molar-refractivity contribution is 6.33. The zero-order valence-corrected chi connectivity index (χ0v) is 12.2. The molecule has 104 valence electrons. The van der Waals surface area contributed by atoms with Crippen LogP contribution in [0.1, 0.15) is 43.5 Å². The third kappa shape index (κ3) is 3.41. The maximum Gasteiger partial charge on any atom is 0.251 e. The zero-order chi connectivity index (χ0) is 14.0. The molecule has 19 heavy (non-hydrogen) atoms. The number of nitrogens with one attached hydrogen (secondary N) is 1. The lowest BCUT2D eigenvalue weighted by atomic mass is 9.80. The van der Waals surface area contributed by atoms with Crippen LogP contribution in [0.25, 0.3) is 0 Å². The number of rotatable bonds is 2. The Morgan fingerprint density at radius 2 is 2.11 bits per heavy atom. The fourth-order valence-electron chi connectivity index (χ4n) is 2.80. The number of nitrogen functional groups attached to an aromatic ring is 1. The van der Waals surface area contributed by atoms with Gasteiger partial charge in [0, 0.05) is 11.6 Å². The van der Waals surface area contributed by atoms with E-state index in [9.17, 15) is 4.79 Å². The predicted molar refractivity (Wildman–Crippen MR) is 79.3 cm³/mol. The third-order valence-electron chi connectivity index (χ3n) is 4.01. The van der Waals surface area contributed by atoms with Gasteiger partial charge < -0.3 is 11.1 Å². The number of halogens is 1. The first-order valence-corrected chi connectivity index (χ1v) is 7.21. The fraction of sp³-hybridized carbons (Fsp3) is 0.533. The van der Waals surface area contributed by atoms with Crippen molar-refractivity contribution in [1.29, 1.82) is 0 Å². The van der Waals surface area contributed by atoms with E-state index in [1.54, 1.807) is 18.2 Å². The van der Waals surface area contributed by atoms with E-state index in [-0.39, 0.29) is 11.9 Å². The van der Waals surface area contributed by atoms with Crippen molar-refractivity contribution in [2.45, 2.75) is 39.2 Å². The minimum absolute atomic E-state index is 0.0618. The van der Waals surface area contributed by atoms with Gasteiger partial charge in [-0.1, -0.05) is 25.4 Å². The molecule has 2 rings (SSSR count). The van der Waals surface area contributed by atoms with Crippen LogP contribution in [-0.4, -0.2) is 11.9 Å². The maximum absolute atomic E-state index is 12.2. The summed E-state index contributed by atoms with van der Waals surface area (Å²) < 4.78 is 0. The fourth-order valence-corrected chi connectivity index (χ4v) is 2.98. The van der Waals surface area contributed by atoms with Crippen molar-refractivity contribution in [3.63, 3.8) is 0 Å². The van der Waals surface area contributed by atoms with Gasteiger partial charge in [-0.3, -0.25) is 4.79 Å². The predicted octanol–water partition coefficient (Wildman–Crippen LogP) is 3.48. The molecular formula is C15H21ClN2O. The molecule has 0 radical (unpaired) electrons. The second-order valence-electron chi connectivity index (χ2n) is 5.71. The summed E-state index contributed by atoms with van der Waals surface area (Å²) in [4.78, 5) is 12.2. The summed E-state index contributed by atoms with van der Waals surface area (Å²) in [7, 11) is 0. The zero-order valence-electron chi connectivity index (χ0n) is 11.4. The summed E-state index contributed by atoms with van der Waals surface area (Å²) in [5.74, 6) is 1.22. The lowest BCUT2D eigenvalue weighted by molar-refractivity contribution is 0.0899. The molecule has 0 aliphatic heterocycles. The van der Waals surface area contributed by atoms with Gasteiger partial charge in [0.2, 0.25) is 0 Å². The molecule has 1 aliphatic rings. The number of amides is 1. The Labute approximate surface area is 119 Å². The van der Waals surface area contributed by atoms with Gasteiger partial charge in [0.25, 0.3) is 5.91 Å². The Morgan fingerprint density at radius 1 is 1.37 bits per heavy atom. The van der Waals surface area contributed by atoms with Crippen LogP contribution in [0.5, 0.6) is 0 Å². The summed E-state index contributed by atoms with van der Waals surface area (Å²) in [5.41, 5.74) is 6.72. The standard InChI is InChI=1S/C15H21ClN2O/c1-9-3-6-14(10(2)7-9)18-15(19)11-4-5-13(17)12(16)8-11/h4-5,8-10,14H,3,6-7,17H2,1-2H3,(H,18,19). The van der Waals surface area contributed by atoms with Crippen LogP contribution in [0.4, 0.5) is 5.69 Å². The molecule has 0 spiro atoms. The summed E-state index contributed by atoms with van der Waals surface area (Å²) in [6.45, 7) is 4.48. The van der Waals surface area contributed by atoms with Gasteiger partial charge in [0.05, 0.1) is 10.7 Å². The molecule has 0 saturated heterocycles. The van der Waals surface area contributed by atoms with Crippen LogP contribution in [0, 0.1) is 11.8 Å². The van der Waals surface area contributed by atoms with E-state index in [0.717, 1.165) is 12.3 Å². The summed E-state index contributed by atoms with van der Waals surface area (Å²) in [6.07, 6.45) is 3.40. The minimum atomic E-state index is -0.0618. The number of carbonyl (C=O) groups excluding carboxylic acids is 1. The van der Waals surface area contributed by atoms with Crippen LogP contribution < -0.4 is 11.1 Å². The third-order valence-corrected chi connectivity index (χ3v) is 4.34.